The van der Waals surface area contributed by atoms with Crippen LogP contribution in [0.5, 0.6) is 0 Å². The van der Waals surface area contributed by atoms with Crippen molar-refractivity contribution in [1.82, 2.24) is 4.90 Å². The van der Waals surface area contributed by atoms with Crippen molar-refractivity contribution in [1.29, 1.82) is 0 Å². The highest BCUT2D eigenvalue weighted by atomic mass is 79.9. The zero-order chi connectivity index (χ0) is 14.6. The average molecular weight is 328 g/mol. The van der Waals surface area contributed by atoms with Gasteiger partial charge in [0.1, 0.15) is 6.29 Å². The Morgan fingerprint density at radius 1 is 1.37 bits per heavy atom. The first-order valence-electron chi connectivity index (χ1n) is 5.97. The predicted molar refractivity (Wildman–Crippen MR) is 77.1 cm³/mol. The van der Waals surface area contributed by atoms with Crippen molar-refractivity contribution in [3.63, 3.8) is 0 Å². The Balaban J connectivity index is 3.34. The van der Waals surface area contributed by atoms with E-state index in [2.05, 4.69) is 15.9 Å². The van der Waals surface area contributed by atoms with Gasteiger partial charge >= 0.3 is 0 Å². The second-order valence-corrected chi connectivity index (χ2v) is 5.75. The molecule has 0 atom stereocenters. The van der Waals surface area contributed by atoms with Gasteiger partial charge in [0.2, 0.25) is 6.41 Å². The van der Waals surface area contributed by atoms with E-state index >= 15 is 0 Å². The molecule has 0 saturated heterocycles. The number of rotatable bonds is 6. The van der Waals surface area contributed by atoms with Gasteiger partial charge in [-0.3, -0.25) is 9.59 Å². The quantitative estimate of drug-likeness (QED) is 0.815. The molecule has 0 aliphatic heterocycles. The van der Waals surface area contributed by atoms with E-state index in [-0.39, 0.29) is 13.2 Å². The zero-order valence-electron chi connectivity index (χ0n) is 11.3. The fourth-order valence-electron chi connectivity index (χ4n) is 2.33. The molecule has 0 aliphatic carbocycles. The van der Waals surface area contributed by atoms with Gasteiger partial charge in [-0.25, -0.2) is 0 Å². The summed E-state index contributed by atoms with van der Waals surface area (Å²) < 4.78 is 0.782. The molecule has 1 N–H and O–H groups in total. The van der Waals surface area contributed by atoms with Crippen LogP contribution in [0, 0.1) is 6.92 Å². The van der Waals surface area contributed by atoms with E-state index in [0.29, 0.717) is 5.56 Å². The number of hydrogen-bond donors (Lipinski definition) is 1. The molecule has 0 saturated carbocycles. The lowest BCUT2D eigenvalue weighted by molar-refractivity contribution is -0.123. The van der Waals surface area contributed by atoms with E-state index in [4.69, 9.17) is 5.11 Å². The highest BCUT2D eigenvalue weighted by molar-refractivity contribution is 9.10. The Morgan fingerprint density at radius 2 is 2.00 bits per heavy atom. The summed E-state index contributed by atoms with van der Waals surface area (Å²) in [6.45, 7) is 5.88. The van der Waals surface area contributed by atoms with Crippen LogP contribution in [0.2, 0.25) is 0 Å². The van der Waals surface area contributed by atoms with E-state index in [9.17, 15) is 9.59 Å². The van der Waals surface area contributed by atoms with Crippen molar-refractivity contribution in [2.45, 2.75) is 26.3 Å². The Hall–Kier alpha value is -1.20. The van der Waals surface area contributed by atoms with Crippen LogP contribution in [0.1, 0.15) is 35.3 Å². The van der Waals surface area contributed by atoms with Gasteiger partial charge in [0.05, 0.1) is 12.1 Å². The van der Waals surface area contributed by atoms with Crippen LogP contribution in [-0.4, -0.2) is 35.9 Å². The maximum atomic E-state index is 11.2. The smallest absolute Gasteiger partial charge is 0.210 e. The molecule has 0 bridgehead atoms. The minimum Gasteiger partial charge on any atom is -0.395 e. The third kappa shape index (κ3) is 3.22. The van der Waals surface area contributed by atoms with Crippen LogP contribution in [0.3, 0.4) is 0 Å². The number of carbonyl (C=O) groups is 2. The van der Waals surface area contributed by atoms with Crippen molar-refractivity contribution in [2.75, 3.05) is 13.2 Å². The predicted octanol–water partition coefficient (Wildman–Crippen LogP) is 2.26. The lowest BCUT2D eigenvalue weighted by atomic mass is 9.88. The van der Waals surface area contributed by atoms with Gasteiger partial charge in [0, 0.05) is 16.6 Å². The molecule has 0 spiro atoms. The lowest BCUT2D eigenvalue weighted by Crippen LogP contribution is -2.43. The molecule has 0 aliphatic rings. The molecule has 1 aromatic carbocycles. The molecule has 1 rings (SSSR count). The highest BCUT2D eigenvalue weighted by Gasteiger charge is 2.31. The number of aldehydes is 1. The number of carbonyl (C=O) groups excluding carboxylic acids is 2. The van der Waals surface area contributed by atoms with E-state index in [1.165, 1.54) is 0 Å². The summed E-state index contributed by atoms with van der Waals surface area (Å²) in [6, 6.07) is 3.52. The Labute approximate surface area is 121 Å². The fraction of sp³-hybridized carbons (Fsp3) is 0.429. The molecule has 0 aromatic heterocycles. The number of nitrogens with zero attached hydrogens (tertiary/aromatic N) is 1. The fourth-order valence-corrected chi connectivity index (χ4v) is 3.39. The first-order valence-corrected chi connectivity index (χ1v) is 6.76. The SMILES string of the molecule is Cc1cc(C=O)cc(Br)c1C(C)(C)N(C=O)CCO. The standard InChI is InChI=1S/C14H18BrNO3/c1-10-6-11(8-18)7-12(15)13(10)14(2,3)16(9-19)4-5-17/h6-9,17H,4-5H2,1-3H3. The van der Waals surface area contributed by atoms with Crippen molar-refractivity contribution in [3.8, 4) is 0 Å². The molecule has 4 nitrogen and oxygen atoms in total. The number of aryl methyl sites for hydroxylation is 1. The summed E-state index contributed by atoms with van der Waals surface area (Å²) in [5.41, 5.74) is 1.86. The minimum atomic E-state index is -0.575. The van der Waals surface area contributed by atoms with Gasteiger partial charge in [-0.15, -0.1) is 0 Å². The van der Waals surface area contributed by atoms with Gasteiger partial charge in [0.25, 0.3) is 0 Å². The molecule has 0 fully saturated rings. The third-order valence-corrected chi connectivity index (χ3v) is 3.87. The number of benzene rings is 1. The van der Waals surface area contributed by atoms with Crippen molar-refractivity contribution in [2.24, 2.45) is 0 Å². The van der Waals surface area contributed by atoms with Gasteiger partial charge in [-0.1, -0.05) is 15.9 Å². The number of amides is 1. The van der Waals surface area contributed by atoms with Crippen LogP contribution >= 0.6 is 15.9 Å². The topological polar surface area (TPSA) is 57.6 Å². The molecule has 1 amide bonds. The maximum absolute atomic E-state index is 11.2. The van der Waals surface area contributed by atoms with Crippen molar-refractivity contribution in [3.05, 3.63) is 33.3 Å². The number of aliphatic hydroxyl groups is 1. The monoisotopic (exact) mass is 327 g/mol. The van der Waals surface area contributed by atoms with Gasteiger partial charge < -0.3 is 10.0 Å². The van der Waals surface area contributed by atoms with E-state index < -0.39 is 5.54 Å². The van der Waals surface area contributed by atoms with Crippen LogP contribution < -0.4 is 0 Å². The molecule has 5 heteroatoms. The molecular formula is C14H18BrNO3. The maximum Gasteiger partial charge on any atom is 0.210 e. The van der Waals surface area contributed by atoms with Crippen LogP contribution in [-0.2, 0) is 10.3 Å². The Kier molecular flexibility index (Phi) is 5.26. The van der Waals surface area contributed by atoms with E-state index in [1.54, 1.807) is 17.0 Å². The molecule has 19 heavy (non-hydrogen) atoms. The van der Waals surface area contributed by atoms with E-state index in [1.807, 2.05) is 20.8 Å². The van der Waals surface area contributed by atoms with Gasteiger partial charge in [-0.2, -0.15) is 0 Å². The molecule has 104 valence electrons. The summed E-state index contributed by atoms with van der Waals surface area (Å²) in [5.74, 6) is 0. The van der Waals surface area contributed by atoms with Crippen molar-refractivity contribution < 1.29 is 14.7 Å². The summed E-state index contributed by atoms with van der Waals surface area (Å²) in [7, 11) is 0. The number of hydrogen-bond acceptors (Lipinski definition) is 3. The minimum absolute atomic E-state index is 0.0920. The highest BCUT2D eigenvalue weighted by Crippen LogP contribution is 2.35. The molecule has 0 unspecified atom stereocenters. The average Bonchev–Trinajstić information content (AvgIpc) is 2.34. The summed E-state index contributed by atoms with van der Waals surface area (Å²) >= 11 is 3.46. The Morgan fingerprint density at radius 3 is 2.42 bits per heavy atom. The number of aliphatic hydroxyl groups excluding tert-OH is 1. The van der Waals surface area contributed by atoms with Gasteiger partial charge in [-0.05, 0) is 44.0 Å². The first-order chi connectivity index (χ1) is 8.88. The van der Waals surface area contributed by atoms with Crippen LogP contribution in [0.15, 0.2) is 16.6 Å². The summed E-state index contributed by atoms with van der Waals surface area (Å²) in [4.78, 5) is 23.6. The third-order valence-electron chi connectivity index (χ3n) is 3.24. The summed E-state index contributed by atoms with van der Waals surface area (Å²) in [5, 5.41) is 9.04. The van der Waals surface area contributed by atoms with Crippen LogP contribution in [0.25, 0.3) is 0 Å². The zero-order valence-corrected chi connectivity index (χ0v) is 12.9. The number of halogens is 1. The molecule has 0 radical (unpaired) electrons. The molecule has 1 aromatic rings. The lowest BCUT2D eigenvalue weighted by Gasteiger charge is -2.37. The second kappa shape index (κ2) is 6.30. The normalized spacial score (nSPS) is 11.2. The second-order valence-electron chi connectivity index (χ2n) is 4.89. The summed E-state index contributed by atoms with van der Waals surface area (Å²) in [6.07, 6.45) is 1.52. The van der Waals surface area contributed by atoms with Crippen LogP contribution in [0.4, 0.5) is 0 Å². The van der Waals surface area contributed by atoms with Gasteiger partial charge in [0.15, 0.2) is 0 Å². The Bertz CT molecular complexity index is 463. The van der Waals surface area contributed by atoms with E-state index in [0.717, 1.165) is 28.3 Å². The first kappa shape index (κ1) is 15.9. The molecular weight excluding hydrogens is 310 g/mol. The molecule has 0 heterocycles. The largest absolute Gasteiger partial charge is 0.395 e. The van der Waals surface area contributed by atoms with Crippen molar-refractivity contribution >= 4 is 28.6 Å².